The van der Waals surface area contributed by atoms with Crippen LogP contribution in [-0.2, 0) is 0 Å². The summed E-state index contributed by atoms with van der Waals surface area (Å²) in [6.07, 6.45) is 0. The highest BCUT2D eigenvalue weighted by atomic mass is 16.3. The normalized spacial score (nSPS) is 11.9. The first-order valence-corrected chi connectivity index (χ1v) is 10.7. The Morgan fingerprint density at radius 2 is 1.55 bits per heavy atom. The van der Waals surface area contributed by atoms with E-state index in [1.54, 1.807) is 6.07 Å². The van der Waals surface area contributed by atoms with Gasteiger partial charge in [-0.1, -0.05) is 78.9 Å². The molecule has 5 nitrogen and oxygen atoms in total. The molecular weight excluding hydrogens is 412 g/mol. The SMILES string of the molecule is Cc1ccc(C(NC(=O)c2c(O)c(-c3ccccc3)nc3ccccc23)c2ccccc2)o1. The van der Waals surface area contributed by atoms with Gasteiger partial charge in [0.2, 0.25) is 0 Å². The van der Waals surface area contributed by atoms with Gasteiger partial charge < -0.3 is 14.8 Å². The van der Waals surface area contributed by atoms with Crippen LogP contribution < -0.4 is 5.32 Å². The summed E-state index contributed by atoms with van der Waals surface area (Å²) in [5, 5.41) is 14.9. The number of rotatable bonds is 5. The smallest absolute Gasteiger partial charge is 0.256 e. The zero-order valence-corrected chi connectivity index (χ0v) is 18.0. The van der Waals surface area contributed by atoms with E-state index >= 15 is 0 Å². The minimum absolute atomic E-state index is 0.153. The third-order valence-corrected chi connectivity index (χ3v) is 5.60. The number of carbonyl (C=O) groups excluding carboxylic acids is 1. The van der Waals surface area contributed by atoms with Gasteiger partial charge in [0, 0.05) is 10.9 Å². The van der Waals surface area contributed by atoms with E-state index in [4.69, 9.17) is 4.42 Å². The first-order chi connectivity index (χ1) is 16.1. The molecule has 0 spiro atoms. The number of carbonyl (C=O) groups is 1. The monoisotopic (exact) mass is 434 g/mol. The Labute approximate surface area is 191 Å². The standard InChI is InChI=1S/C28H22N2O3/c1-18-16-17-23(33-18)25(19-10-4-2-5-11-19)30-28(32)24-21-14-8-9-15-22(21)29-26(27(24)31)20-12-6-3-7-13-20/h2-17,25,31H,1H3,(H,30,32). The summed E-state index contributed by atoms with van der Waals surface area (Å²) >= 11 is 0. The molecule has 0 aliphatic rings. The number of hydrogen-bond donors (Lipinski definition) is 2. The number of aromatic hydroxyl groups is 1. The second-order valence-corrected chi connectivity index (χ2v) is 7.83. The van der Waals surface area contributed by atoms with E-state index in [2.05, 4.69) is 10.3 Å². The lowest BCUT2D eigenvalue weighted by atomic mass is 10.00. The van der Waals surface area contributed by atoms with E-state index in [1.165, 1.54) is 0 Å². The molecule has 1 unspecified atom stereocenters. The van der Waals surface area contributed by atoms with Gasteiger partial charge in [-0.25, -0.2) is 4.98 Å². The van der Waals surface area contributed by atoms with Crippen LogP contribution >= 0.6 is 0 Å². The van der Waals surface area contributed by atoms with E-state index in [0.717, 1.165) is 16.9 Å². The number of fused-ring (bicyclic) bond motifs is 1. The molecule has 1 amide bonds. The molecule has 5 heteroatoms. The predicted octanol–water partition coefficient (Wildman–Crippen LogP) is 6.03. The van der Waals surface area contributed by atoms with Crippen molar-refractivity contribution in [2.75, 3.05) is 0 Å². The molecule has 0 bridgehead atoms. The first kappa shape index (κ1) is 20.5. The van der Waals surface area contributed by atoms with Gasteiger partial charge in [0.1, 0.15) is 23.3 Å². The molecule has 2 heterocycles. The molecule has 0 saturated heterocycles. The number of aromatic nitrogens is 1. The van der Waals surface area contributed by atoms with Gasteiger partial charge in [-0.15, -0.1) is 0 Å². The Bertz CT molecular complexity index is 1430. The quantitative estimate of drug-likeness (QED) is 0.354. The molecule has 2 N–H and O–H groups in total. The maximum Gasteiger partial charge on any atom is 0.256 e. The molecule has 2 aromatic heterocycles. The van der Waals surface area contributed by atoms with Crippen molar-refractivity contribution in [3.05, 3.63) is 120 Å². The number of aryl methyl sites for hydroxylation is 1. The van der Waals surface area contributed by atoms with Crippen molar-refractivity contribution in [1.29, 1.82) is 0 Å². The first-order valence-electron chi connectivity index (χ1n) is 10.7. The summed E-state index contributed by atoms with van der Waals surface area (Å²) in [5.74, 6) is 0.808. The zero-order valence-electron chi connectivity index (χ0n) is 18.0. The number of benzene rings is 3. The fraction of sp³-hybridized carbons (Fsp3) is 0.0714. The Morgan fingerprint density at radius 3 is 2.24 bits per heavy atom. The van der Waals surface area contributed by atoms with Crippen molar-refractivity contribution < 1.29 is 14.3 Å². The Kier molecular flexibility index (Phi) is 5.37. The van der Waals surface area contributed by atoms with Crippen LogP contribution in [0.15, 0.2) is 101 Å². The number of hydrogen-bond acceptors (Lipinski definition) is 4. The molecule has 0 saturated carbocycles. The maximum absolute atomic E-state index is 13.7. The summed E-state index contributed by atoms with van der Waals surface area (Å²) in [6, 6.07) is 29.5. The van der Waals surface area contributed by atoms with Gasteiger partial charge in [0.05, 0.1) is 11.1 Å². The van der Waals surface area contributed by atoms with Crippen molar-refractivity contribution in [2.24, 2.45) is 0 Å². The molecule has 33 heavy (non-hydrogen) atoms. The van der Waals surface area contributed by atoms with E-state index in [1.807, 2.05) is 97.9 Å². The molecule has 0 radical (unpaired) electrons. The van der Waals surface area contributed by atoms with Gasteiger partial charge in [-0.2, -0.15) is 0 Å². The fourth-order valence-electron chi connectivity index (χ4n) is 4.01. The van der Waals surface area contributed by atoms with E-state index in [9.17, 15) is 9.90 Å². The van der Waals surface area contributed by atoms with Crippen LogP contribution in [0.3, 0.4) is 0 Å². The van der Waals surface area contributed by atoms with Crippen molar-refractivity contribution in [2.45, 2.75) is 13.0 Å². The molecule has 162 valence electrons. The highest BCUT2D eigenvalue weighted by Gasteiger charge is 2.26. The Morgan fingerprint density at radius 1 is 0.879 bits per heavy atom. The molecule has 0 fully saturated rings. The van der Waals surface area contributed by atoms with E-state index < -0.39 is 11.9 Å². The second kappa shape index (κ2) is 8.63. The Balaban J connectivity index is 1.63. The molecular formula is C28H22N2O3. The molecule has 1 atom stereocenters. The van der Waals surface area contributed by atoms with Crippen molar-refractivity contribution in [1.82, 2.24) is 10.3 Å². The van der Waals surface area contributed by atoms with Crippen molar-refractivity contribution in [3.63, 3.8) is 0 Å². The van der Waals surface area contributed by atoms with Gasteiger partial charge in [0.15, 0.2) is 5.75 Å². The minimum atomic E-state index is -0.515. The number of furan rings is 1. The van der Waals surface area contributed by atoms with Gasteiger partial charge in [-0.05, 0) is 30.7 Å². The third-order valence-electron chi connectivity index (χ3n) is 5.60. The Hall–Kier alpha value is -4.38. The number of nitrogens with one attached hydrogen (secondary N) is 1. The lowest BCUT2D eigenvalue weighted by molar-refractivity contribution is 0.0938. The van der Waals surface area contributed by atoms with E-state index in [0.29, 0.717) is 22.4 Å². The zero-order chi connectivity index (χ0) is 22.8. The average molecular weight is 434 g/mol. The van der Waals surface area contributed by atoms with Crippen LogP contribution in [0.5, 0.6) is 5.75 Å². The number of pyridine rings is 1. The molecule has 5 aromatic rings. The van der Waals surface area contributed by atoms with Crippen LogP contribution in [0, 0.1) is 6.92 Å². The lowest BCUT2D eigenvalue weighted by Gasteiger charge is -2.19. The predicted molar refractivity (Wildman–Crippen MR) is 128 cm³/mol. The summed E-state index contributed by atoms with van der Waals surface area (Å²) in [6.45, 7) is 1.86. The summed E-state index contributed by atoms with van der Waals surface area (Å²) < 4.78 is 5.86. The fourth-order valence-corrected chi connectivity index (χ4v) is 4.01. The number of nitrogens with zero attached hydrogens (tertiary/aromatic N) is 1. The van der Waals surface area contributed by atoms with Crippen molar-refractivity contribution in [3.8, 4) is 17.0 Å². The summed E-state index contributed by atoms with van der Waals surface area (Å²) in [7, 11) is 0. The van der Waals surface area contributed by atoms with Gasteiger partial charge >= 0.3 is 0 Å². The summed E-state index contributed by atoms with van der Waals surface area (Å²) in [4.78, 5) is 18.3. The van der Waals surface area contributed by atoms with Crippen LogP contribution in [0.4, 0.5) is 0 Å². The third kappa shape index (κ3) is 3.96. The van der Waals surface area contributed by atoms with Gasteiger partial charge in [-0.3, -0.25) is 4.79 Å². The van der Waals surface area contributed by atoms with Crippen LogP contribution in [0.25, 0.3) is 22.2 Å². The number of amides is 1. The minimum Gasteiger partial charge on any atom is -0.505 e. The molecule has 0 aliphatic heterocycles. The number of para-hydroxylation sites is 1. The van der Waals surface area contributed by atoms with Crippen LogP contribution in [0.1, 0.15) is 33.5 Å². The van der Waals surface area contributed by atoms with Crippen molar-refractivity contribution >= 4 is 16.8 Å². The van der Waals surface area contributed by atoms with Crippen LogP contribution in [0.2, 0.25) is 0 Å². The van der Waals surface area contributed by atoms with E-state index in [-0.39, 0.29) is 11.3 Å². The lowest BCUT2D eigenvalue weighted by Crippen LogP contribution is -2.29. The average Bonchev–Trinajstić information content (AvgIpc) is 3.29. The highest BCUT2D eigenvalue weighted by Crippen LogP contribution is 2.36. The van der Waals surface area contributed by atoms with Gasteiger partial charge in [0.25, 0.3) is 5.91 Å². The highest BCUT2D eigenvalue weighted by molar-refractivity contribution is 6.10. The summed E-state index contributed by atoms with van der Waals surface area (Å²) in [5.41, 5.74) is 2.79. The molecule has 3 aromatic carbocycles. The topological polar surface area (TPSA) is 75.4 Å². The maximum atomic E-state index is 13.7. The molecule has 0 aliphatic carbocycles. The van der Waals surface area contributed by atoms with Crippen LogP contribution in [-0.4, -0.2) is 16.0 Å². The second-order valence-electron chi connectivity index (χ2n) is 7.83. The molecule has 5 rings (SSSR count). The largest absolute Gasteiger partial charge is 0.505 e.